The number of likely N-dealkylation sites (tertiary alicyclic amines) is 1. The van der Waals surface area contributed by atoms with E-state index in [1.807, 2.05) is 0 Å². The first kappa shape index (κ1) is 36.5. The molecular formula is C28H41N7O10. The molecule has 0 radical (unpaired) electrons. The van der Waals surface area contributed by atoms with Gasteiger partial charge in [-0.1, -0.05) is 0 Å². The summed E-state index contributed by atoms with van der Waals surface area (Å²) in [4.78, 5) is 111. The summed E-state index contributed by atoms with van der Waals surface area (Å²) < 4.78 is 5.27. The van der Waals surface area contributed by atoms with Gasteiger partial charge in [0.05, 0.1) is 12.3 Å². The third-order valence-electron chi connectivity index (χ3n) is 6.69. The van der Waals surface area contributed by atoms with Crippen LogP contribution >= 0.6 is 0 Å². The summed E-state index contributed by atoms with van der Waals surface area (Å²) in [6.07, 6.45) is -1.15. The minimum absolute atomic E-state index is 0.0699. The standard InChI is InChI=1S/C28H41N7O10/c1-5-45-16(2)28(44)33-19(14-22(38)31-17(3)29-20(36)10-12-34-24(40)6-7-25(34)41)15-23(39)32-18(4)30-21(37)11-13-35-26(42)8-9-27(35)43/h6-7,16-19H,5,8-15H2,1-4H3,(H,29,36)(H,30,37)(H,31,38)(H,32,39)(H,33,44). The number of carbonyl (C=O) groups excluding carboxylic acids is 9. The molecule has 0 aromatic carbocycles. The largest absolute Gasteiger partial charge is 0.369 e. The smallest absolute Gasteiger partial charge is 0.253 e. The first-order chi connectivity index (χ1) is 21.2. The van der Waals surface area contributed by atoms with Crippen LogP contribution < -0.4 is 26.6 Å². The van der Waals surface area contributed by atoms with E-state index in [1.165, 1.54) is 20.8 Å². The van der Waals surface area contributed by atoms with Gasteiger partial charge in [-0.25, -0.2) is 0 Å². The summed E-state index contributed by atoms with van der Waals surface area (Å²) in [5.74, 6) is -4.51. The summed E-state index contributed by atoms with van der Waals surface area (Å²) in [6, 6.07) is -0.988. The van der Waals surface area contributed by atoms with Crippen molar-refractivity contribution >= 4 is 53.2 Å². The van der Waals surface area contributed by atoms with E-state index in [4.69, 9.17) is 4.74 Å². The summed E-state index contributed by atoms with van der Waals surface area (Å²) in [7, 11) is 0. The first-order valence-electron chi connectivity index (χ1n) is 14.7. The number of carbonyl (C=O) groups is 9. The van der Waals surface area contributed by atoms with Crippen LogP contribution in [0.2, 0.25) is 0 Å². The Morgan fingerprint density at radius 2 is 1.11 bits per heavy atom. The minimum Gasteiger partial charge on any atom is -0.369 e. The Bertz CT molecular complexity index is 1140. The molecule has 2 aliphatic heterocycles. The lowest BCUT2D eigenvalue weighted by Crippen LogP contribution is -2.51. The molecule has 9 amide bonds. The number of nitrogens with zero attached hydrogens (tertiary/aromatic N) is 2. The minimum atomic E-state index is -0.988. The van der Waals surface area contributed by atoms with Crippen molar-refractivity contribution in [2.75, 3.05) is 19.7 Å². The second kappa shape index (κ2) is 17.6. The Morgan fingerprint density at radius 1 is 0.689 bits per heavy atom. The molecule has 4 atom stereocenters. The highest BCUT2D eigenvalue weighted by Crippen LogP contribution is 2.11. The fourth-order valence-corrected chi connectivity index (χ4v) is 4.52. The molecule has 2 aliphatic rings. The Hall–Kier alpha value is -4.67. The SMILES string of the molecule is CCOC(C)C(=O)NC(CC(=O)NC(C)NC(=O)CCN1C(=O)C=CC1=O)CC(=O)NC(C)NC(=O)CCN1C(=O)CCC1=O. The van der Waals surface area contributed by atoms with Crippen LogP contribution in [0.3, 0.4) is 0 Å². The second-order valence-corrected chi connectivity index (χ2v) is 10.5. The molecule has 2 heterocycles. The maximum Gasteiger partial charge on any atom is 0.253 e. The van der Waals surface area contributed by atoms with Crippen molar-refractivity contribution in [3.8, 4) is 0 Å². The Kier molecular flexibility index (Phi) is 14.3. The summed E-state index contributed by atoms with van der Waals surface area (Å²) in [6.45, 7) is 6.25. The van der Waals surface area contributed by atoms with E-state index in [0.717, 1.165) is 22.0 Å². The van der Waals surface area contributed by atoms with Crippen LogP contribution in [0.5, 0.6) is 0 Å². The third kappa shape index (κ3) is 12.5. The highest BCUT2D eigenvalue weighted by molar-refractivity contribution is 6.13. The van der Waals surface area contributed by atoms with Gasteiger partial charge in [0.2, 0.25) is 41.4 Å². The van der Waals surface area contributed by atoms with Gasteiger partial charge < -0.3 is 31.3 Å². The van der Waals surface area contributed by atoms with Crippen molar-refractivity contribution in [1.29, 1.82) is 0 Å². The van der Waals surface area contributed by atoms with Crippen LogP contribution in [-0.4, -0.2) is 107 Å². The molecule has 1 fully saturated rings. The van der Waals surface area contributed by atoms with Crippen LogP contribution in [0, 0.1) is 0 Å². The molecule has 5 N–H and O–H groups in total. The third-order valence-corrected chi connectivity index (χ3v) is 6.69. The van der Waals surface area contributed by atoms with Crippen LogP contribution in [0.4, 0.5) is 0 Å². The summed E-state index contributed by atoms with van der Waals surface area (Å²) in [5, 5.41) is 12.8. The van der Waals surface area contributed by atoms with Crippen LogP contribution in [0.25, 0.3) is 0 Å². The highest BCUT2D eigenvalue weighted by atomic mass is 16.5. The molecule has 17 heteroatoms. The lowest BCUT2D eigenvalue weighted by Gasteiger charge is -2.23. The zero-order valence-corrected chi connectivity index (χ0v) is 25.8. The van der Waals surface area contributed by atoms with Gasteiger partial charge in [-0.05, 0) is 27.7 Å². The van der Waals surface area contributed by atoms with Gasteiger partial charge >= 0.3 is 0 Å². The fourth-order valence-electron chi connectivity index (χ4n) is 4.52. The van der Waals surface area contributed by atoms with Crippen molar-refractivity contribution in [1.82, 2.24) is 36.4 Å². The molecule has 0 aromatic rings. The summed E-state index contributed by atoms with van der Waals surface area (Å²) in [5.41, 5.74) is 0. The average molecular weight is 636 g/mol. The topological polar surface area (TPSA) is 229 Å². The van der Waals surface area contributed by atoms with Crippen LogP contribution in [-0.2, 0) is 47.9 Å². The van der Waals surface area contributed by atoms with Crippen molar-refractivity contribution in [3.05, 3.63) is 12.2 Å². The Morgan fingerprint density at radius 3 is 1.56 bits per heavy atom. The van der Waals surface area contributed by atoms with E-state index in [2.05, 4.69) is 26.6 Å². The summed E-state index contributed by atoms with van der Waals surface area (Å²) >= 11 is 0. The van der Waals surface area contributed by atoms with E-state index in [0.29, 0.717) is 0 Å². The van der Waals surface area contributed by atoms with Crippen molar-refractivity contribution in [3.63, 3.8) is 0 Å². The van der Waals surface area contributed by atoms with Gasteiger partial charge in [0.25, 0.3) is 11.8 Å². The molecule has 17 nitrogen and oxygen atoms in total. The van der Waals surface area contributed by atoms with Gasteiger partial charge in [-0.2, -0.15) is 0 Å². The number of nitrogens with one attached hydrogen (secondary N) is 5. The Balaban J connectivity index is 1.86. The quantitative estimate of drug-likeness (QED) is 0.0798. The van der Waals surface area contributed by atoms with Crippen molar-refractivity contribution < 1.29 is 47.9 Å². The molecule has 1 saturated heterocycles. The number of hydrogen-bond donors (Lipinski definition) is 5. The van der Waals surface area contributed by atoms with Crippen LogP contribution in [0.15, 0.2) is 12.2 Å². The molecule has 4 unspecified atom stereocenters. The van der Waals surface area contributed by atoms with Crippen molar-refractivity contribution in [2.24, 2.45) is 0 Å². The van der Waals surface area contributed by atoms with Gasteiger partial charge in [-0.15, -0.1) is 0 Å². The highest BCUT2D eigenvalue weighted by Gasteiger charge is 2.29. The molecule has 2 rings (SSSR count). The lowest BCUT2D eigenvalue weighted by atomic mass is 10.1. The molecule has 45 heavy (non-hydrogen) atoms. The van der Waals surface area contributed by atoms with E-state index in [1.54, 1.807) is 6.92 Å². The van der Waals surface area contributed by atoms with Gasteiger partial charge in [-0.3, -0.25) is 53.0 Å². The Labute approximate surface area is 260 Å². The lowest BCUT2D eigenvalue weighted by molar-refractivity contribution is -0.140. The molecule has 0 bridgehead atoms. The molecular weight excluding hydrogens is 594 g/mol. The first-order valence-corrected chi connectivity index (χ1v) is 14.7. The number of rotatable bonds is 18. The van der Waals surface area contributed by atoms with Gasteiger partial charge in [0.1, 0.15) is 6.10 Å². The van der Waals surface area contributed by atoms with Crippen LogP contribution in [0.1, 0.15) is 66.2 Å². The predicted octanol–water partition coefficient (Wildman–Crippen LogP) is -2.31. The normalized spacial score (nSPS) is 17.1. The maximum atomic E-state index is 12.8. The number of amides is 9. The monoisotopic (exact) mass is 635 g/mol. The molecule has 0 aromatic heterocycles. The zero-order chi connectivity index (χ0) is 33.7. The molecule has 248 valence electrons. The van der Waals surface area contributed by atoms with E-state index >= 15 is 0 Å². The van der Waals surface area contributed by atoms with E-state index in [-0.39, 0.29) is 70.0 Å². The zero-order valence-electron chi connectivity index (χ0n) is 25.8. The van der Waals surface area contributed by atoms with Crippen molar-refractivity contribution in [2.45, 2.75) is 90.7 Å². The van der Waals surface area contributed by atoms with E-state index in [9.17, 15) is 43.2 Å². The maximum absolute atomic E-state index is 12.8. The van der Waals surface area contributed by atoms with Gasteiger partial charge in [0, 0.05) is 76.4 Å². The average Bonchev–Trinajstić information content (AvgIpc) is 3.44. The predicted molar refractivity (Wildman–Crippen MR) is 155 cm³/mol. The number of ether oxygens (including phenoxy) is 1. The molecule has 0 saturated carbocycles. The number of hydrogen-bond acceptors (Lipinski definition) is 10. The fraction of sp³-hybridized carbons (Fsp3) is 0.607. The van der Waals surface area contributed by atoms with E-state index < -0.39 is 65.8 Å². The molecule has 0 aliphatic carbocycles. The molecule has 0 spiro atoms. The second-order valence-electron chi connectivity index (χ2n) is 10.5. The number of imide groups is 2. The van der Waals surface area contributed by atoms with Gasteiger partial charge in [0.15, 0.2) is 0 Å².